The minimum atomic E-state index is -5.08. The van der Waals surface area contributed by atoms with Crippen molar-refractivity contribution < 1.29 is 47.6 Å². The van der Waals surface area contributed by atoms with Crippen molar-refractivity contribution in [3.8, 4) is 16.2 Å². The van der Waals surface area contributed by atoms with Crippen molar-refractivity contribution in [2.45, 2.75) is 12.7 Å². The van der Waals surface area contributed by atoms with E-state index in [1.54, 1.807) is 0 Å². The topological polar surface area (TPSA) is 147 Å². The summed E-state index contributed by atoms with van der Waals surface area (Å²) in [6.45, 7) is -0.194. The van der Waals surface area contributed by atoms with Crippen LogP contribution in [0, 0.1) is 0 Å². The van der Waals surface area contributed by atoms with Gasteiger partial charge < -0.3 is 25.8 Å². The van der Waals surface area contributed by atoms with E-state index in [0.29, 0.717) is 15.9 Å². The second-order valence-corrected chi connectivity index (χ2v) is 6.91. The van der Waals surface area contributed by atoms with Gasteiger partial charge in [-0.3, -0.25) is 0 Å². The maximum absolute atomic E-state index is 11.3. The molecule has 0 atom stereocenters. The minimum absolute atomic E-state index is 0.0257. The van der Waals surface area contributed by atoms with E-state index in [0.717, 1.165) is 22.5 Å². The van der Waals surface area contributed by atoms with Crippen molar-refractivity contribution in [2.75, 3.05) is 6.61 Å². The zero-order chi connectivity index (χ0) is 22.4. The molecule has 0 aliphatic carbocycles. The Morgan fingerprint density at radius 2 is 1.62 bits per heavy atom. The smallest absolute Gasteiger partial charge is 0.479 e. The number of thiophene rings is 1. The second-order valence-electron chi connectivity index (χ2n) is 5.09. The average molecular weight is 500 g/mol. The molecule has 0 bridgehead atoms. The van der Waals surface area contributed by atoms with Crippen molar-refractivity contribution in [2.24, 2.45) is 5.73 Å². The zero-order valence-corrected chi connectivity index (χ0v) is 16.6. The van der Waals surface area contributed by atoms with E-state index >= 15 is 0 Å². The normalized spacial score (nSPS) is 10.7. The van der Waals surface area contributed by atoms with Crippen LogP contribution >= 0.6 is 27.3 Å². The predicted octanol–water partition coefficient (Wildman–Crippen LogP) is 3.43. The molecule has 29 heavy (non-hydrogen) atoms. The molecule has 1 aromatic heterocycles. The van der Waals surface area contributed by atoms with Gasteiger partial charge in [-0.25, -0.2) is 14.4 Å². The number of aromatic carboxylic acids is 1. The van der Waals surface area contributed by atoms with Crippen LogP contribution in [0.4, 0.5) is 13.2 Å². The first-order chi connectivity index (χ1) is 13.4. The quantitative estimate of drug-likeness (QED) is 0.472. The van der Waals surface area contributed by atoms with Gasteiger partial charge in [0, 0.05) is 6.54 Å². The van der Waals surface area contributed by atoms with Gasteiger partial charge in [-0.15, -0.1) is 11.3 Å². The third kappa shape index (κ3) is 7.03. The van der Waals surface area contributed by atoms with E-state index in [-0.39, 0.29) is 10.6 Å². The number of hydrogen-bond donors (Lipinski definition) is 4. The Morgan fingerprint density at radius 3 is 2.00 bits per heavy atom. The Bertz CT molecular complexity index is 897. The van der Waals surface area contributed by atoms with Gasteiger partial charge in [0.15, 0.2) is 17.2 Å². The number of carboxylic acid groups (broad SMARTS) is 3. The lowest BCUT2D eigenvalue weighted by atomic mass is 10.1. The van der Waals surface area contributed by atoms with Crippen LogP contribution in [0.15, 0.2) is 28.7 Å². The molecule has 0 amide bonds. The molecule has 8 nitrogen and oxygen atoms in total. The van der Waals surface area contributed by atoms with E-state index in [4.69, 9.17) is 25.5 Å². The van der Waals surface area contributed by atoms with Gasteiger partial charge in [0.1, 0.15) is 0 Å². The first-order valence-electron chi connectivity index (χ1n) is 7.38. The van der Waals surface area contributed by atoms with Crippen LogP contribution in [-0.2, 0) is 16.1 Å². The SMILES string of the molecule is NCc1ccc(-c2sc(C(=O)O)c(OCC(=O)O)c2Br)cc1.O=C(O)C(F)(F)F. The molecule has 0 radical (unpaired) electrons. The molecule has 0 saturated heterocycles. The van der Waals surface area contributed by atoms with Gasteiger partial charge in [0.25, 0.3) is 0 Å². The van der Waals surface area contributed by atoms with Crippen molar-refractivity contribution in [1.82, 2.24) is 0 Å². The molecule has 0 spiro atoms. The summed E-state index contributed by atoms with van der Waals surface area (Å²) in [6, 6.07) is 7.34. The monoisotopic (exact) mass is 499 g/mol. The van der Waals surface area contributed by atoms with Crippen molar-refractivity contribution in [3.63, 3.8) is 0 Å². The molecule has 0 fully saturated rings. The summed E-state index contributed by atoms with van der Waals surface area (Å²) in [5.41, 5.74) is 7.29. The van der Waals surface area contributed by atoms with Gasteiger partial charge in [0.2, 0.25) is 0 Å². The summed E-state index contributed by atoms with van der Waals surface area (Å²) in [4.78, 5) is 31.4. The molecule has 13 heteroatoms. The third-order valence-electron chi connectivity index (χ3n) is 3.04. The van der Waals surface area contributed by atoms with E-state index in [9.17, 15) is 27.9 Å². The van der Waals surface area contributed by atoms with Crippen LogP contribution < -0.4 is 10.5 Å². The summed E-state index contributed by atoms with van der Waals surface area (Å²) in [7, 11) is 0. The second kappa shape index (κ2) is 10.2. The van der Waals surface area contributed by atoms with E-state index in [2.05, 4.69) is 15.9 Å². The van der Waals surface area contributed by atoms with Crippen molar-refractivity contribution in [1.29, 1.82) is 0 Å². The number of carbonyl (C=O) groups is 3. The van der Waals surface area contributed by atoms with Crippen LogP contribution in [-0.4, -0.2) is 46.0 Å². The summed E-state index contributed by atoms with van der Waals surface area (Å²) >= 11 is 4.31. The average Bonchev–Trinajstić information content (AvgIpc) is 2.96. The van der Waals surface area contributed by atoms with E-state index < -0.39 is 30.7 Å². The molecule has 0 saturated carbocycles. The molecule has 1 aromatic carbocycles. The highest BCUT2D eigenvalue weighted by Crippen LogP contribution is 2.45. The fourth-order valence-corrected chi connectivity index (χ4v) is 3.67. The first kappa shape index (κ1) is 24.4. The number of benzene rings is 1. The minimum Gasteiger partial charge on any atom is -0.479 e. The number of nitrogens with two attached hydrogens (primary N) is 1. The summed E-state index contributed by atoms with van der Waals surface area (Å²) in [5, 5.41) is 25.0. The molecule has 0 unspecified atom stereocenters. The van der Waals surface area contributed by atoms with Crippen LogP contribution in [0.2, 0.25) is 0 Å². The lowest BCUT2D eigenvalue weighted by molar-refractivity contribution is -0.192. The van der Waals surface area contributed by atoms with Gasteiger partial charge >= 0.3 is 24.1 Å². The van der Waals surface area contributed by atoms with Gasteiger partial charge in [-0.2, -0.15) is 13.2 Å². The molecule has 2 rings (SSSR count). The Kier molecular flexibility index (Phi) is 8.60. The largest absolute Gasteiger partial charge is 0.490 e. The standard InChI is InChI=1S/C14H12BrNO5S.C2HF3O2/c15-10-11(21-6-9(17)18)13(14(19)20)22-12(10)8-3-1-7(5-16)2-4-8;3-2(4,5)1(6)7/h1-4H,5-6,16H2,(H,17,18)(H,19,20);(H,6,7). The molecule has 158 valence electrons. The first-order valence-corrected chi connectivity index (χ1v) is 8.99. The van der Waals surface area contributed by atoms with E-state index in [1.165, 1.54) is 0 Å². The van der Waals surface area contributed by atoms with E-state index in [1.807, 2.05) is 24.3 Å². The van der Waals surface area contributed by atoms with Crippen LogP contribution in [0.5, 0.6) is 5.75 Å². The predicted molar refractivity (Wildman–Crippen MR) is 99.1 cm³/mol. The number of hydrogen-bond acceptors (Lipinski definition) is 6. The highest BCUT2D eigenvalue weighted by Gasteiger charge is 2.38. The Hall–Kier alpha value is -2.64. The third-order valence-corrected chi connectivity index (χ3v) is 5.26. The van der Waals surface area contributed by atoms with Crippen LogP contribution in [0.1, 0.15) is 15.2 Å². The molecule has 0 aliphatic rings. The molecular formula is C16H13BrF3NO7S. The molecule has 2 aromatic rings. The number of aliphatic carboxylic acids is 2. The zero-order valence-electron chi connectivity index (χ0n) is 14.2. The van der Waals surface area contributed by atoms with Crippen LogP contribution in [0.3, 0.4) is 0 Å². The Morgan fingerprint density at radius 1 is 1.10 bits per heavy atom. The molecule has 0 aliphatic heterocycles. The van der Waals surface area contributed by atoms with Gasteiger partial charge in [-0.05, 0) is 27.1 Å². The van der Waals surface area contributed by atoms with Crippen molar-refractivity contribution in [3.05, 3.63) is 39.2 Å². The Labute approximate surface area is 173 Å². The molecular weight excluding hydrogens is 487 g/mol. The lowest BCUT2D eigenvalue weighted by Crippen LogP contribution is -2.21. The van der Waals surface area contributed by atoms with Gasteiger partial charge in [-0.1, -0.05) is 24.3 Å². The number of alkyl halides is 3. The fourth-order valence-electron chi connectivity index (χ4n) is 1.78. The summed E-state index contributed by atoms with van der Waals surface area (Å²) in [5.74, 6) is -5.08. The number of ether oxygens (including phenoxy) is 1. The molecule has 5 N–H and O–H groups in total. The fraction of sp³-hybridized carbons (Fsp3) is 0.188. The maximum Gasteiger partial charge on any atom is 0.490 e. The summed E-state index contributed by atoms with van der Waals surface area (Å²) < 4.78 is 37.3. The van der Waals surface area contributed by atoms with Crippen LogP contribution in [0.25, 0.3) is 10.4 Å². The highest BCUT2D eigenvalue weighted by molar-refractivity contribution is 9.10. The lowest BCUT2D eigenvalue weighted by Gasteiger charge is -2.04. The number of rotatable bonds is 6. The summed E-state index contributed by atoms with van der Waals surface area (Å²) in [6.07, 6.45) is -5.08. The van der Waals surface area contributed by atoms with Crippen molar-refractivity contribution >= 4 is 45.2 Å². The number of carboxylic acids is 3. The Balaban J connectivity index is 0.000000516. The molecule has 1 heterocycles. The maximum atomic E-state index is 11.3. The van der Waals surface area contributed by atoms with Gasteiger partial charge in [0.05, 0.1) is 9.35 Å². The number of halogens is 4. The highest BCUT2D eigenvalue weighted by atomic mass is 79.9.